The zero-order chi connectivity index (χ0) is 42.8. The van der Waals surface area contributed by atoms with Crippen molar-refractivity contribution in [3.05, 3.63) is 95.3 Å². The van der Waals surface area contributed by atoms with Crippen LogP contribution in [0.4, 0.5) is 24.8 Å². The fourth-order valence-electron chi connectivity index (χ4n) is 6.05. The number of amides is 1. The molecule has 16 heteroatoms. The van der Waals surface area contributed by atoms with Gasteiger partial charge in [-0.3, -0.25) is 9.89 Å². The number of fused-ring (bicyclic) bond motifs is 1. The number of carbonyl (C=O) groups is 2. The minimum Gasteiger partial charge on any atom is -0.497 e. The number of rotatable bonds is 14. The minimum atomic E-state index is -4.57. The Morgan fingerprint density at radius 1 is 0.966 bits per heavy atom. The maximum absolute atomic E-state index is 13.1. The van der Waals surface area contributed by atoms with E-state index in [2.05, 4.69) is 30.6 Å². The van der Waals surface area contributed by atoms with Crippen LogP contribution in [0.5, 0.6) is 11.5 Å². The fourth-order valence-corrected chi connectivity index (χ4v) is 6.05. The first-order chi connectivity index (χ1) is 28.5. The molecular weight excluding hydrogens is 768 g/mol. The number of carbonyl (C=O) groups excluding carboxylic acids is 2. The molecule has 1 aliphatic carbocycles. The van der Waals surface area contributed by atoms with Gasteiger partial charge in [0, 0.05) is 53.3 Å². The van der Waals surface area contributed by atoms with Gasteiger partial charge in [0.05, 0.1) is 44.6 Å². The van der Waals surface area contributed by atoms with Gasteiger partial charge in [0.1, 0.15) is 35.3 Å². The van der Waals surface area contributed by atoms with E-state index in [1.807, 2.05) is 38.1 Å². The summed E-state index contributed by atoms with van der Waals surface area (Å²) < 4.78 is 60.1. The van der Waals surface area contributed by atoms with E-state index in [-0.39, 0.29) is 18.0 Å². The quantitative estimate of drug-likeness (QED) is 0.0622. The van der Waals surface area contributed by atoms with Gasteiger partial charge in [-0.05, 0) is 55.7 Å². The molecule has 0 aliphatic heterocycles. The number of nitrogens with two attached hydrogens (primary N) is 1. The molecule has 0 saturated heterocycles. The second kappa shape index (κ2) is 22.8. The minimum absolute atomic E-state index is 0.138. The Hall–Kier alpha value is -6.00. The van der Waals surface area contributed by atoms with Gasteiger partial charge >= 0.3 is 12.1 Å². The summed E-state index contributed by atoms with van der Waals surface area (Å²) in [7, 11) is 4.44. The lowest BCUT2D eigenvalue weighted by molar-refractivity contribution is -0.145. The number of methoxy groups -OCH3 is 3. The van der Waals surface area contributed by atoms with Crippen molar-refractivity contribution in [2.24, 2.45) is 5.73 Å². The molecule has 0 bridgehead atoms. The van der Waals surface area contributed by atoms with Gasteiger partial charge in [-0.25, -0.2) is 14.8 Å². The van der Waals surface area contributed by atoms with E-state index in [0.717, 1.165) is 23.9 Å². The summed E-state index contributed by atoms with van der Waals surface area (Å²) in [5.74, 6) is 0.498. The lowest BCUT2D eigenvalue weighted by Gasteiger charge is -2.15. The van der Waals surface area contributed by atoms with Gasteiger partial charge in [0.25, 0.3) is 5.91 Å². The van der Waals surface area contributed by atoms with Gasteiger partial charge < -0.3 is 35.3 Å². The third-order valence-electron chi connectivity index (χ3n) is 9.14. The van der Waals surface area contributed by atoms with Crippen molar-refractivity contribution in [3.63, 3.8) is 0 Å². The van der Waals surface area contributed by atoms with Crippen LogP contribution in [0.1, 0.15) is 79.4 Å². The summed E-state index contributed by atoms with van der Waals surface area (Å²) >= 11 is 0. The summed E-state index contributed by atoms with van der Waals surface area (Å²) in [6.07, 6.45) is 9.01. The van der Waals surface area contributed by atoms with Crippen LogP contribution in [0.15, 0.2) is 73.1 Å². The van der Waals surface area contributed by atoms with Crippen molar-refractivity contribution in [1.29, 1.82) is 0 Å². The molecule has 0 spiro atoms. The highest BCUT2D eigenvalue weighted by Crippen LogP contribution is 2.35. The Labute approximate surface area is 341 Å². The molecule has 5 aromatic rings. The maximum Gasteiger partial charge on any atom is 0.416 e. The van der Waals surface area contributed by atoms with Gasteiger partial charge in [-0.2, -0.15) is 18.3 Å². The van der Waals surface area contributed by atoms with Gasteiger partial charge in [-0.15, -0.1) is 0 Å². The largest absolute Gasteiger partial charge is 0.497 e. The number of aromatic amines is 1. The highest BCUT2D eigenvalue weighted by atomic mass is 19.4. The topological polar surface area (TPSA) is 176 Å². The third kappa shape index (κ3) is 13.3. The van der Waals surface area contributed by atoms with Crippen LogP contribution in [-0.4, -0.2) is 72.6 Å². The molecule has 0 unspecified atom stereocenters. The molecule has 1 aliphatic rings. The highest BCUT2D eigenvalue weighted by molar-refractivity contribution is 6.06. The third-order valence-corrected chi connectivity index (χ3v) is 9.14. The SMILES string of the molecule is CC.COC(=O)COCC/C=C/c1cnc(NCc2ccc(OC)cc2OC)c2c(-c3ccc(C(=O)Nc4cc(C(F)(F)F)ccn4)cc3)[nH]nc12.NC1CCCCC1. The molecule has 59 heavy (non-hydrogen) atoms. The molecule has 6 rings (SSSR count). The Kier molecular flexibility index (Phi) is 17.7. The monoisotopic (exact) mass is 819 g/mol. The lowest BCUT2D eigenvalue weighted by atomic mass is 9.97. The van der Waals surface area contributed by atoms with E-state index in [0.29, 0.717) is 70.7 Å². The van der Waals surface area contributed by atoms with E-state index in [4.69, 9.17) is 24.9 Å². The number of esters is 1. The number of aromatic nitrogens is 4. The van der Waals surface area contributed by atoms with Crippen molar-refractivity contribution in [2.45, 2.75) is 71.1 Å². The zero-order valence-corrected chi connectivity index (χ0v) is 33.9. The van der Waals surface area contributed by atoms with E-state index >= 15 is 0 Å². The Morgan fingerprint density at radius 3 is 2.36 bits per heavy atom. The standard InChI is InChI=1S/C35H33F3N6O6.C6H13N.C2H6/c1-47-26-12-11-23(27(17-26)48-2)18-40-33-30-31(43-44-32(30)24(19-41-33)6-4-5-15-50-20-29(45)49-3)21-7-9-22(10-8-21)34(46)42-28-16-25(13-14-39-28)35(36,37)38;7-6-4-2-1-3-5-6;1-2/h4,6-14,16-17,19H,5,15,18,20H2,1-3H3,(H,40,41)(H,43,44)(H,39,42,46);6H,1-5,7H2;1-2H3/b6-4+;;. The van der Waals surface area contributed by atoms with Crippen molar-refractivity contribution in [3.8, 4) is 22.8 Å². The molecule has 1 amide bonds. The molecular formula is C43H52F3N7O6. The predicted molar refractivity (Wildman–Crippen MR) is 222 cm³/mol. The number of halogens is 3. The fraction of sp³-hybridized carbons (Fsp3) is 0.372. The van der Waals surface area contributed by atoms with Crippen molar-refractivity contribution in [2.75, 3.05) is 45.2 Å². The average molecular weight is 820 g/mol. The molecule has 5 N–H and O–H groups in total. The van der Waals surface area contributed by atoms with Gasteiger partial charge in [0.2, 0.25) is 0 Å². The summed E-state index contributed by atoms with van der Waals surface area (Å²) in [6.45, 7) is 4.52. The summed E-state index contributed by atoms with van der Waals surface area (Å²) in [5.41, 5.74) is 8.39. The maximum atomic E-state index is 13.1. The molecule has 2 aromatic carbocycles. The second-order valence-corrected chi connectivity index (χ2v) is 13.1. The molecule has 0 radical (unpaired) electrons. The first kappa shape index (κ1) is 45.7. The van der Waals surface area contributed by atoms with E-state index in [9.17, 15) is 22.8 Å². The summed E-state index contributed by atoms with van der Waals surface area (Å²) in [4.78, 5) is 32.7. The number of ether oxygens (including phenoxy) is 4. The smallest absolute Gasteiger partial charge is 0.416 e. The molecule has 0 atom stereocenters. The Bertz CT molecular complexity index is 2140. The number of pyridine rings is 2. The van der Waals surface area contributed by atoms with Crippen LogP contribution in [0.3, 0.4) is 0 Å². The van der Waals surface area contributed by atoms with E-state index in [1.165, 1.54) is 39.2 Å². The summed E-state index contributed by atoms with van der Waals surface area (Å²) in [5, 5.41) is 14.1. The number of alkyl halides is 3. The van der Waals surface area contributed by atoms with Crippen LogP contribution >= 0.6 is 0 Å². The number of anilines is 2. The van der Waals surface area contributed by atoms with Crippen LogP contribution in [0.25, 0.3) is 28.2 Å². The van der Waals surface area contributed by atoms with Gasteiger partial charge in [0.15, 0.2) is 0 Å². The summed E-state index contributed by atoms with van der Waals surface area (Å²) in [6, 6.07) is 14.1. The average Bonchev–Trinajstić information content (AvgIpc) is 3.71. The molecule has 1 fully saturated rings. The number of benzene rings is 2. The zero-order valence-electron chi connectivity index (χ0n) is 33.9. The lowest BCUT2D eigenvalue weighted by Crippen LogP contribution is -2.22. The van der Waals surface area contributed by atoms with Crippen LogP contribution in [0, 0.1) is 0 Å². The van der Waals surface area contributed by atoms with Crippen molar-refractivity contribution >= 4 is 40.5 Å². The first-order valence-electron chi connectivity index (χ1n) is 19.3. The predicted octanol–water partition coefficient (Wildman–Crippen LogP) is 8.82. The van der Waals surface area contributed by atoms with Crippen LogP contribution in [0.2, 0.25) is 0 Å². The number of hydrogen-bond acceptors (Lipinski definition) is 11. The van der Waals surface area contributed by atoms with Crippen LogP contribution < -0.4 is 25.8 Å². The van der Waals surface area contributed by atoms with Crippen LogP contribution in [-0.2, 0) is 27.0 Å². The van der Waals surface area contributed by atoms with Crippen molar-refractivity contribution in [1.82, 2.24) is 20.2 Å². The Balaban J connectivity index is 0.000000763. The molecule has 316 valence electrons. The molecule has 13 nitrogen and oxygen atoms in total. The first-order valence-corrected chi connectivity index (χ1v) is 19.3. The number of nitrogens with zero attached hydrogens (tertiary/aromatic N) is 3. The van der Waals surface area contributed by atoms with Crippen molar-refractivity contribution < 1.29 is 41.7 Å². The molecule has 1 saturated carbocycles. The number of H-pyrrole nitrogens is 1. The number of hydrogen-bond donors (Lipinski definition) is 4. The Morgan fingerprint density at radius 2 is 1.71 bits per heavy atom. The van der Waals surface area contributed by atoms with Gasteiger partial charge in [-0.1, -0.05) is 57.4 Å². The molecule has 3 aromatic heterocycles. The normalized spacial score (nSPS) is 12.8. The second-order valence-electron chi connectivity index (χ2n) is 13.1. The molecule has 3 heterocycles. The highest BCUT2D eigenvalue weighted by Gasteiger charge is 2.31. The van der Waals surface area contributed by atoms with E-state index in [1.54, 1.807) is 50.7 Å². The number of nitrogens with one attached hydrogen (secondary N) is 3. The van der Waals surface area contributed by atoms with E-state index < -0.39 is 23.6 Å².